The van der Waals surface area contributed by atoms with Gasteiger partial charge in [0.05, 0.1) is 0 Å². The van der Waals surface area contributed by atoms with Gasteiger partial charge in [0.15, 0.2) is 0 Å². The van der Waals surface area contributed by atoms with Crippen LogP contribution in [0.4, 0.5) is 0 Å². The molecule has 0 fully saturated rings. The summed E-state index contributed by atoms with van der Waals surface area (Å²) in [6.45, 7) is 8.97. The highest BCUT2D eigenvalue weighted by atomic mass is 14.9. The zero-order valence-electron chi connectivity index (χ0n) is 9.52. The minimum atomic E-state index is 0.508. The fourth-order valence-electron chi connectivity index (χ4n) is 2.64. The molecule has 0 aliphatic carbocycles. The largest absolute Gasteiger partial charge is 0.307 e. The van der Waals surface area contributed by atoms with E-state index in [4.69, 9.17) is 0 Å². The Hall–Kier alpha value is -0.820. The van der Waals surface area contributed by atoms with Crippen molar-refractivity contribution >= 4 is 0 Å². The lowest BCUT2D eigenvalue weighted by Gasteiger charge is -2.31. The van der Waals surface area contributed by atoms with Crippen LogP contribution in [0.5, 0.6) is 0 Å². The lowest BCUT2D eigenvalue weighted by molar-refractivity contribution is 0.443. The minimum Gasteiger partial charge on any atom is -0.307 e. The Balaban J connectivity index is 2.57. The molecule has 1 heteroatoms. The Kier molecular flexibility index (Phi) is 2.36. The number of hydrogen-bond acceptors (Lipinski definition) is 1. The highest BCUT2D eigenvalue weighted by Crippen LogP contribution is 2.30. The third-order valence-corrected chi connectivity index (χ3v) is 3.29. The second-order valence-corrected chi connectivity index (χ2v) is 4.59. The van der Waals surface area contributed by atoms with E-state index >= 15 is 0 Å². The van der Waals surface area contributed by atoms with Crippen molar-refractivity contribution in [3.63, 3.8) is 0 Å². The average Bonchev–Trinajstić information content (AvgIpc) is 2.10. The van der Waals surface area contributed by atoms with Crippen LogP contribution in [0.3, 0.4) is 0 Å². The number of fused-ring (bicyclic) bond motifs is 1. The molecule has 0 aromatic heterocycles. The maximum Gasteiger partial charge on any atom is 0.0299 e. The molecule has 1 heterocycles. The molecule has 1 N–H and O–H groups in total. The SMILES string of the molecule is Cc1ccc(C)c2c1CC(C)NC2C. The molecule has 1 aliphatic rings. The second kappa shape index (κ2) is 3.39. The smallest absolute Gasteiger partial charge is 0.0299 e. The lowest BCUT2D eigenvalue weighted by Crippen LogP contribution is -2.36. The van der Waals surface area contributed by atoms with Crippen LogP contribution in [0.15, 0.2) is 12.1 Å². The molecule has 0 spiro atoms. The molecule has 2 atom stereocenters. The molecule has 0 bridgehead atoms. The Morgan fingerprint density at radius 1 is 1.14 bits per heavy atom. The second-order valence-electron chi connectivity index (χ2n) is 4.59. The molecule has 0 radical (unpaired) electrons. The average molecular weight is 189 g/mol. The molecule has 2 unspecified atom stereocenters. The van der Waals surface area contributed by atoms with Crippen LogP contribution < -0.4 is 5.32 Å². The van der Waals surface area contributed by atoms with Crippen molar-refractivity contribution in [3.05, 3.63) is 34.4 Å². The third-order valence-electron chi connectivity index (χ3n) is 3.29. The first kappa shape index (κ1) is 9.72. The first-order chi connectivity index (χ1) is 6.59. The highest BCUT2D eigenvalue weighted by molar-refractivity contribution is 5.43. The molecule has 76 valence electrons. The van der Waals surface area contributed by atoms with E-state index in [-0.39, 0.29) is 0 Å². The molecule has 1 aromatic carbocycles. The summed E-state index contributed by atoms with van der Waals surface area (Å²) in [7, 11) is 0. The number of nitrogens with one attached hydrogen (secondary N) is 1. The van der Waals surface area contributed by atoms with Gasteiger partial charge in [0.1, 0.15) is 0 Å². The predicted molar refractivity (Wildman–Crippen MR) is 60.6 cm³/mol. The summed E-state index contributed by atoms with van der Waals surface area (Å²) in [6.07, 6.45) is 1.17. The zero-order chi connectivity index (χ0) is 10.3. The molecule has 1 nitrogen and oxygen atoms in total. The summed E-state index contributed by atoms with van der Waals surface area (Å²) in [5.74, 6) is 0. The van der Waals surface area contributed by atoms with Crippen LogP contribution in [0, 0.1) is 13.8 Å². The van der Waals surface area contributed by atoms with E-state index in [1.54, 1.807) is 5.56 Å². The lowest BCUT2D eigenvalue weighted by atomic mass is 9.85. The Labute approximate surface area is 86.5 Å². The Morgan fingerprint density at radius 3 is 2.50 bits per heavy atom. The van der Waals surface area contributed by atoms with E-state index in [9.17, 15) is 0 Å². The van der Waals surface area contributed by atoms with Gasteiger partial charge in [-0.15, -0.1) is 0 Å². The quantitative estimate of drug-likeness (QED) is 0.661. The van der Waals surface area contributed by atoms with Crippen molar-refractivity contribution in [2.45, 2.75) is 46.2 Å². The van der Waals surface area contributed by atoms with Crippen molar-refractivity contribution in [2.24, 2.45) is 0 Å². The number of aryl methyl sites for hydroxylation is 2. The van der Waals surface area contributed by atoms with E-state index in [0.29, 0.717) is 12.1 Å². The van der Waals surface area contributed by atoms with E-state index in [1.807, 2.05) is 0 Å². The number of rotatable bonds is 0. The standard InChI is InChI=1S/C13H19N/c1-8-5-6-9(2)13-11(4)14-10(3)7-12(8)13/h5-6,10-11,14H,7H2,1-4H3. The van der Waals surface area contributed by atoms with Gasteiger partial charge in [0.25, 0.3) is 0 Å². The van der Waals surface area contributed by atoms with Gasteiger partial charge < -0.3 is 5.32 Å². The van der Waals surface area contributed by atoms with Gasteiger partial charge in [-0.1, -0.05) is 12.1 Å². The molecular formula is C13H19N. The van der Waals surface area contributed by atoms with Crippen LogP contribution in [-0.2, 0) is 6.42 Å². The van der Waals surface area contributed by atoms with Gasteiger partial charge in [-0.3, -0.25) is 0 Å². The summed E-state index contributed by atoms with van der Waals surface area (Å²) < 4.78 is 0. The predicted octanol–water partition coefficient (Wildman–Crippen LogP) is 2.90. The monoisotopic (exact) mass is 189 g/mol. The highest BCUT2D eigenvalue weighted by Gasteiger charge is 2.22. The third kappa shape index (κ3) is 1.46. The van der Waals surface area contributed by atoms with Crippen LogP contribution in [0.25, 0.3) is 0 Å². The van der Waals surface area contributed by atoms with Crippen molar-refractivity contribution in [1.29, 1.82) is 0 Å². The maximum atomic E-state index is 3.60. The van der Waals surface area contributed by atoms with Crippen LogP contribution in [-0.4, -0.2) is 6.04 Å². The maximum absolute atomic E-state index is 3.60. The van der Waals surface area contributed by atoms with Crippen LogP contribution in [0.2, 0.25) is 0 Å². The first-order valence-corrected chi connectivity index (χ1v) is 5.44. The molecule has 1 aliphatic heterocycles. The molecule has 1 aromatic rings. The number of benzene rings is 1. The van der Waals surface area contributed by atoms with Crippen molar-refractivity contribution in [2.75, 3.05) is 0 Å². The van der Waals surface area contributed by atoms with Gasteiger partial charge >= 0.3 is 0 Å². The normalized spacial score (nSPS) is 26.0. The molecular weight excluding hydrogens is 170 g/mol. The summed E-state index contributed by atoms with van der Waals surface area (Å²) in [4.78, 5) is 0. The van der Waals surface area contributed by atoms with Crippen molar-refractivity contribution < 1.29 is 0 Å². The van der Waals surface area contributed by atoms with E-state index < -0.39 is 0 Å². The molecule has 2 rings (SSSR count). The van der Waals surface area contributed by atoms with Crippen molar-refractivity contribution in [3.8, 4) is 0 Å². The van der Waals surface area contributed by atoms with Crippen LogP contribution in [0.1, 0.15) is 42.1 Å². The van der Waals surface area contributed by atoms with Gasteiger partial charge in [-0.25, -0.2) is 0 Å². The molecule has 0 amide bonds. The Morgan fingerprint density at radius 2 is 1.79 bits per heavy atom. The minimum absolute atomic E-state index is 0.508. The topological polar surface area (TPSA) is 12.0 Å². The summed E-state index contributed by atoms with van der Waals surface area (Å²) in [5.41, 5.74) is 5.98. The van der Waals surface area contributed by atoms with E-state index in [0.717, 1.165) is 0 Å². The molecule has 0 saturated heterocycles. The Bertz CT molecular complexity index is 354. The molecule has 0 saturated carbocycles. The van der Waals surface area contributed by atoms with Gasteiger partial charge in [-0.2, -0.15) is 0 Å². The van der Waals surface area contributed by atoms with Crippen molar-refractivity contribution in [1.82, 2.24) is 5.32 Å². The van der Waals surface area contributed by atoms with E-state index in [2.05, 4.69) is 45.1 Å². The fourth-order valence-corrected chi connectivity index (χ4v) is 2.64. The fraction of sp³-hybridized carbons (Fsp3) is 0.538. The van der Waals surface area contributed by atoms with Gasteiger partial charge in [0, 0.05) is 12.1 Å². The summed E-state index contributed by atoms with van der Waals surface area (Å²) in [5, 5.41) is 3.60. The zero-order valence-corrected chi connectivity index (χ0v) is 9.52. The molecule has 14 heavy (non-hydrogen) atoms. The van der Waals surface area contributed by atoms with E-state index in [1.165, 1.54) is 23.1 Å². The van der Waals surface area contributed by atoms with Gasteiger partial charge in [-0.05, 0) is 56.4 Å². The first-order valence-electron chi connectivity index (χ1n) is 5.44. The van der Waals surface area contributed by atoms with Crippen LogP contribution >= 0.6 is 0 Å². The summed E-state index contributed by atoms with van der Waals surface area (Å²) >= 11 is 0. The summed E-state index contributed by atoms with van der Waals surface area (Å²) in [6, 6.07) is 5.60. The van der Waals surface area contributed by atoms with Gasteiger partial charge in [0.2, 0.25) is 0 Å². The number of hydrogen-bond donors (Lipinski definition) is 1.